The molecule has 2 amide bonds. The van der Waals surface area contributed by atoms with E-state index in [1.54, 1.807) is 54.4 Å². The fraction of sp³-hybridized carbons (Fsp3) is 0.194. The topological polar surface area (TPSA) is 90.4 Å². The second kappa shape index (κ2) is 10.6. The van der Waals surface area contributed by atoms with Crippen LogP contribution in [0.3, 0.4) is 0 Å². The molecule has 1 heterocycles. The van der Waals surface area contributed by atoms with E-state index in [4.69, 9.17) is 17.3 Å². The summed E-state index contributed by atoms with van der Waals surface area (Å²) in [6.07, 6.45) is 0. The van der Waals surface area contributed by atoms with Crippen LogP contribution in [-0.4, -0.2) is 18.9 Å². The van der Waals surface area contributed by atoms with Crippen LogP contribution in [0.25, 0.3) is 0 Å². The monoisotopic (exact) mass is 524 g/mol. The zero-order valence-electron chi connectivity index (χ0n) is 21.8. The van der Waals surface area contributed by atoms with Gasteiger partial charge >= 0.3 is 0 Å². The number of anilines is 3. The third-order valence-corrected chi connectivity index (χ3v) is 7.27. The Hall–Kier alpha value is -4.34. The number of aryl methyl sites for hydroxylation is 1. The van der Waals surface area contributed by atoms with E-state index in [2.05, 4.69) is 12.6 Å². The predicted octanol–water partition coefficient (Wildman–Crippen LogP) is 6.36. The van der Waals surface area contributed by atoms with Crippen molar-refractivity contribution in [1.29, 1.82) is 5.26 Å². The van der Waals surface area contributed by atoms with Gasteiger partial charge in [0.1, 0.15) is 5.92 Å². The van der Waals surface area contributed by atoms with Gasteiger partial charge in [-0.15, -0.1) is 0 Å². The molecule has 0 aromatic heterocycles. The molecule has 0 saturated carbocycles. The van der Waals surface area contributed by atoms with E-state index in [9.17, 15) is 14.9 Å². The number of nitrogen functional groups attached to an aromatic ring is 1. The lowest BCUT2D eigenvalue weighted by Crippen LogP contribution is -2.50. The van der Waals surface area contributed by atoms with Gasteiger partial charge in [-0.2, -0.15) is 5.26 Å². The van der Waals surface area contributed by atoms with Crippen molar-refractivity contribution in [3.05, 3.63) is 112 Å². The number of hydrogen-bond donors (Lipinski definition) is 1. The van der Waals surface area contributed by atoms with Gasteiger partial charge in [0, 0.05) is 30.0 Å². The SMILES string of the molecule is C=C(C)C1=C(C)N(c2cccc(C)c2)C(=O)C(C(=O)N(C)c2ccc(N)c(Cl)c2)C1c1ccc(C#N)cc1. The molecule has 0 fully saturated rings. The highest BCUT2D eigenvalue weighted by Crippen LogP contribution is 2.45. The Morgan fingerprint density at radius 2 is 1.79 bits per heavy atom. The van der Waals surface area contributed by atoms with Crippen LogP contribution in [0.1, 0.15) is 36.5 Å². The van der Waals surface area contributed by atoms with Gasteiger partial charge in [0.25, 0.3) is 0 Å². The quantitative estimate of drug-likeness (QED) is 0.310. The second-order valence-corrected chi connectivity index (χ2v) is 9.99. The third-order valence-electron chi connectivity index (χ3n) is 6.94. The molecular formula is C31H29ClN4O2. The maximum Gasteiger partial charge on any atom is 0.244 e. The van der Waals surface area contributed by atoms with Crippen molar-refractivity contribution < 1.29 is 9.59 Å². The molecule has 6 nitrogen and oxygen atoms in total. The van der Waals surface area contributed by atoms with Crippen LogP contribution >= 0.6 is 11.6 Å². The van der Waals surface area contributed by atoms with E-state index in [0.29, 0.717) is 33.3 Å². The number of allylic oxidation sites excluding steroid dienone is 3. The molecule has 7 heteroatoms. The van der Waals surface area contributed by atoms with Gasteiger partial charge in [0.2, 0.25) is 11.8 Å². The number of benzene rings is 3. The summed E-state index contributed by atoms with van der Waals surface area (Å²) in [5.74, 6) is -2.44. The molecule has 2 N–H and O–H groups in total. The average molecular weight is 525 g/mol. The Morgan fingerprint density at radius 1 is 1.11 bits per heavy atom. The normalized spacial score (nSPS) is 17.3. The number of hydrogen-bond acceptors (Lipinski definition) is 4. The Balaban J connectivity index is 1.94. The first-order valence-electron chi connectivity index (χ1n) is 12.1. The molecule has 1 aliphatic rings. The number of nitriles is 1. The molecule has 4 rings (SSSR count). The van der Waals surface area contributed by atoms with Gasteiger partial charge in [-0.1, -0.05) is 48.0 Å². The Bertz CT molecular complexity index is 1520. The maximum atomic E-state index is 14.3. The van der Waals surface area contributed by atoms with Gasteiger partial charge in [-0.3, -0.25) is 14.5 Å². The summed E-state index contributed by atoms with van der Waals surface area (Å²) in [7, 11) is 1.62. The van der Waals surface area contributed by atoms with Crippen molar-refractivity contribution in [3.63, 3.8) is 0 Å². The van der Waals surface area contributed by atoms with E-state index in [1.165, 1.54) is 4.90 Å². The summed E-state index contributed by atoms with van der Waals surface area (Å²) in [5.41, 5.74) is 12.0. The van der Waals surface area contributed by atoms with E-state index in [1.807, 2.05) is 45.0 Å². The number of nitrogens with zero attached hydrogens (tertiary/aromatic N) is 3. The maximum absolute atomic E-state index is 14.3. The first-order valence-corrected chi connectivity index (χ1v) is 12.5. The fourth-order valence-electron chi connectivity index (χ4n) is 5.05. The first-order chi connectivity index (χ1) is 18.0. The van der Waals surface area contributed by atoms with Crippen LogP contribution in [0.5, 0.6) is 0 Å². The molecule has 3 aromatic rings. The molecule has 0 spiro atoms. The standard InChI is InChI=1S/C31H29ClN4O2/c1-18(2)27-20(4)36(24-8-6-7-19(3)15-24)31(38)29(28(27)22-11-9-21(17-33)10-12-22)30(37)35(5)23-13-14-26(34)25(32)16-23/h6-16,28-29H,1,34H2,2-5H3. The van der Waals surface area contributed by atoms with Crippen LogP contribution in [-0.2, 0) is 9.59 Å². The molecule has 0 bridgehead atoms. The smallest absolute Gasteiger partial charge is 0.244 e. The molecular weight excluding hydrogens is 496 g/mol. The molecule has 0 aliphatic carbocycles. The van der Waals surface area contributed by atoms with Crippen molar-refractivity contribution in [2.24, 2.45) is 5.92 Å². The zero-order chi connectivity index (χ0) is 27.7. The van der Waals surface area contributed by atoms with Crippen molar-refractivity contribution in [1.82, 2.24) is 0 Å². The summed E-state index contributed by atoms with van der Waals surface area (Å²) in [4.78, 5) is 31.6. The molecule has 0 radical (unpaired) electrons. The summed E-state index contributed by atoms with van der Waals surface area (Å²) in [6.45, 7) is 9.94. The van der Waals surface area contributed by atoms with Crippen molar-refractivity contribution in [2.75, 3.05) is 22.6 Å². The van der Waals surface area contributed by atoms with Crippen LogP contribution in [0.2, 0.25) is 5.02 Å². The van der Waals surface area contributed by atoms with E-state index in [0.717, 1.165) is 22.3 Å². The minimum atomic E-state index is -1.10. The van der Waals surface area contributed by atoms with Crippen LogP contribution in [0.15, 0.2) is 90.2 Å². The molecule has 2 unspecified atom stereocenters. The molecule has 192 valence electrons. The van der Waals surface area contributed by atoms with Crippen LogP contribution in [0, 0.1) is 24.2 Å². The second-order valence-electron chi connectivity index (χ2n) is 9.58. The van der Waals surface area contributed by atoms with E-state index < -0.39 is 17.7 Å². The average Bonchev–Trinajstić information content (AvgIpc) is 2.89. The molecule has 2 atom stereocenters. The number of amides is 2. The highest BCUT2D eigenvalue weighted by Gasteiger charge is 2.47. The Kier molecular flexibility index (Phi) is 7.43. The summed E-state index contributed by atoms with van der Waals surface area (Å²) < 4.78 is 0. The summed E-state index contributed by atoms with van der Waals surface area (Å²) in [5, 5.41) is 9.63. The van der Waals surface area contributed by atoms with Gasteiger partial charge in [0.05, 0.1) is 22.3 Å². The lowest BCUT2D eigenvalue weighted by atomic mass is 9.73. The van der Waals surface area contributed by atoms with Crippen molar-refractivity contribution in [2.45, 2.75) is 26.7 Å². The molecule has 0 saturated heterocycles. The highest BCUT2D eigenvalue weighted by atomic mass is 35.5. The Labute approximate surface area is 228 Å². The zero-order valence-corrected chi connectivity index (χ0v) is 22.6. The minimum Gasteiger partial charge on any atom is -0.398 e. The molecule has 1 aliphatic heterocycles. The van der Waals surface area contributed by atoms with Gasteiger partial charge in [-0.05, 0) is 79.9 Å². The van der Waals surface area contributed by atoms with Crippen LogP contribution in [0.4, 0.5) is 17.1 Å². The summed E-state index contributed by atoms with van der Waals surface area (Å²) in [6, 6.07) is 21.7. The lowest BCUT2D eigenvalue weighted by molar-refractivity contribution is -0.132. The first kappa shape index (κ1) is 26.7. The number of halogens is 1. The van der Waals surface area contributed by atoms with E-state index >= 15 is 0 Å². The third kappa shape index (κ3) is 4.81. The number of rotatable bonds is 5. The van der Waals surface area contributed by atoms with E-state index in [-0.39, 0.29) is 5.91 Å². The number of carbonyl (C=O) groups is 2. The number of carbonyl (C=O) groups excluding carboxylic acids is 2. The molecule has 38 heavy (non-hydrogen) atoms. The lowest BCUT2D eigenvalue weighted by Gasteiger charge is -2.41. The van der Waals surface area contributed by atoms with Crippen molar-refractivity contribution >= 4 is 40.5 Å². The highest BCUT2D eigenvalue weighted by molar-refractivity contribution is 6.33. The molecule has 3 aromatic carbocycles. The Morgan fingerprint density at radius 3 is 2.37 bits per heavy atom. The predicted molar refractivity (Wildman–Crippen MR) is 153 cm³/mol. The van der Waals surface area contributed by atoms with Crippen LogP contribution < -0.4 is 15.5 Å². The summed E-state index contributed by atoms with van der Waals surface area (Å²) >= 11 is 6.25. The largest absolute Gasteiger partial charge is 0.398 e. The van der Waals surface area contributed by atoms with Gasteiger partial charge in [-0.25, -0.2) is 0 Å². The van der Waals surface area contributed by atoms with Gasteiger partial charge < -0.3 is 10.6 Å². The van der Waals surface area contributed by atoms with Gasteiger partial charge in [0.15, 0.2) is 0 Å². The fourth-order valence-corrected chi connectivity index (χ4v) is 5.23. The number of nitrogens with two attached hydrogens (primary N) is 1. The van der Waals surface area contributed by atoms with Crippen molar-refractivity contribution in [3.8, 4) is 6.07 Å². The minimum absolute atomic E-state index is 0.320.